The van der Waals surface area contributed by atoms with Gasteiger partial charge < -0.3 is 5.32 Å². The minimum absolute atomic E-state index is 0. The van der Waals surface area contributed by atoms with Gasteiger partial charge in [-0.1, -0.05) is 24.3 Å². The Balaban J connectivity index is 0.00000180. The van der Waals surface area contributed by atoms with Crippen LogP contribution in [0.15, 0.2) is 48.5 Å². The largest absolute Gasteiger partial charge is 0.309 e. The minimum Gasteiger partial charge on any atom is -0.309 e. The van der Waals surface area contributed by atoms with Crippen LogP contribution in [0.5, 0.6) is 0 Å². The summed E-state index contributed by atoms with van der Waals surface area (Å²) in [6.07, 6.45) is 0. The number of halogens is 2. The molecule has 0 heterocycles. The molecule has 0 saturated heterocycles. The molecule has 0 atom stereocenters. The summed E-state index contributed by atoms with van der Waals surface area (Å²) in [7, 11) is 0. The number of hydrogen-bond donors (Lipinski definition) is 1. The van der Waals surface area contributed by atoms with E-state index >= 15 is 0 Å². The highest BCUT2D eigenvalue weighted by Crippen LogP contribution is 2.05. The Bertz CT molecular complexity index is 561. The van der Waals surface area contributed by atoms with Gasteiger partial charge in [0.25, 0.3) is 0 Å². The summed E-state index contributed by atoms with van der Waals surface area (Å²) in [5, 5.41) is 11.9. The summed E-state index contributed by atoms with van der Waals surface area (Å²) in [6.45, 7) is 1.32. The van der Waals surface area contributed by atoms with E-state index in [0.717, 1.165) is 11.1 Å². The molecular weight excluding hydrogens is 263 g/mol. The second kappa shape index (κ2) is 7.52. The second-order valence-electron chi connectivity index (χ2n) is 4.04. The van der Waals surface area contributed by atoms with Crippen LogP contribution in [-0.4, -0.2) is 0 Å². The molecule has 4 heteroatoms. The zero-order valence-corrected chi connectivity index (χ0v) is 11.1. The van der Waals surface area contributed by atoms with E-state index in [2.05, 4.69) is 11.4 Å². The smallest absolute Gasteiger partial charge is 0.123 e. The van der Waals surface area contributed by atoms with Crippen LogP contribution < -0.4 is 5.32 Å². The fraction of sp³-hybridized carbons (Fsp3) is 0.133. The van der Waals surface area contributed by atoms with E-state index in [9.17, 15) is 4.39 Å². The van der Waals surface area contributed by atoms with Crippen LogP contribution >= 0.6 is 12.4 Å². The summed E-state index contributed by atoms with van der Waals surface area (Å²) in [5.74, 6) is -0.215. The molecule has 2 aromatic carbocycles. The molecular formula is C15H14ClFN2. The SMILES string of the molecule is Cl.N#Cc1ccc(CNCc2cccc(F)c2)cc1. The molecule has 19 heavy (non-hydrogen) atoms. The number of hydrogen-bond acceptors (Lipinski definition) is 2. The van der Waals surface area contributed by atoms with Gasteiger partial charge in [-0.3, -0.25) is 0 Å². The average Bonchev–Trinajstić information content (AvgIpc) is 2.40. The molecule has 0 aliphatic rings. The zero-order chi connectivity index (χ0) is 12.8. The van der Waals surface area contributed by atoms with Crippen molar-refractivity contribution < 1.29 is 4.39 Å². The lowest BCUT2D eigenvalue weighted by Crippen LogP contribution is -2.12. The third kappa shape index (κ3) is 4.70. The van der Waals surface area contributed by atoms with Gasteiger partial charge in [-0.15, -0.1) is 12.4 Å². The predicted molar refractivity (Wildman–Crippen MR) is 75.3 cm³/mol. The zero-order valence-electron chi connectivity index (χ0n) is 10.3. The minimum atomic E-state index is -0.215. The molecule has 0 unspecified atom stereocenters. The second-order valence-corrected chi connectivity index (χ2v) is 4.04. The Hall–Kier alpha value is -1.89. The standard InChI is InChI=1S/C15H13FN2.ClH/c16-15-3-1-2-14(8-15)11-18-10-13-6-4-12(9-17)5-7-13;/h1-8,18H,10-11H2;1H. The van der Waals surface area contributed by atoms with Gasteiger partial charge in [0.05, 0.1) is 11.6 Å². The summed E-state index contributed by atoms with van der Waals surface area (Å²) >= 11 is 0. The predicted octanol–water partition coefficient (Wildman–Crippen LogP) is 3.41. The fourth-order valence-corrected chi connectivity index (χ4v) is 1.70. The van der Waals surface area contributed by atoms with E-state index in [0.29, 0.717) is 18.7 Å². The van der Waals surface area contributed by atoms with Crippen molar-refractivity contribution in [3.05, 3.63) is 71.0 Å². The van der Waals surface area contributed by atoms with Crippen molar-refractivity contribution in [1.29, 1.82) is 5.26 Å². The molecule has 0 amide bonds. The molecule has 2 nitrogen and oxygen atoms in total. The topological polar surface area (TPSA) is 35.8 Å². The molecule has 2 aromatic rings. The Kier molecular flexibility index (Phi) is 6.01. The van der Waals surface area contributed by atoms with Crippen molar-refractivity contribution in [2.24, 2.45) is 0 Å². The summed E-state index contributed by atoms with van der Waals surface area (Å²) in [6, 6.07) is 16.0. The molecule has 98 valence electrons. The first-order valence-corrected chi connectivity index (χ1v) is 5.72. The van der Waals surface area contributed by atoms with Crippen molar-refractivity contribution in [3.63, 3.8) is 0 Å². The Morgan fingerprint density at radius 1 is 1.00 bits per heavy atom. The molecule has 0 aliphatic heterocycles. The van der Waals surface area contributed by atoms with Gasteiger partial charge in [-0.25, -0.2) is 4.39 Å². The van der Waals surface area contributed by atoms with E-state index in [1.54, 1.807) is 18.2 Å². The fourth-order valence-electron chi connectivity index (χ4n) is 1.70. The first kappa shape index (κ1) is 15.2. The van der Waals surface area contributed by atoms with Gasteiger partial charge in [0, 0.05) is 13.1 Å². The molecule has 2 rings (SSSR count). The highest BCUT2D eigenvalue weighted by atomic mass is 35.5. The van der Waals surface area contributed by atoms with Crippen molar-refractivity contribution in [2.75, 3.05) is 0 Å². The average molecular weight is 277 g/mol. The van der Waals surface area contributed by atoms with Gasteiger partial charge in [0.1, 0.15) is 5.82 Å². The van der Waals surface area contributed by atoms with Gasteiger partial charge >= 0.3 is 0 Å². The quantitative estimate of drug-likeness (QED) is 0.929. The van der Waals surface area contributed by atoms with E-state index < -0.39 is 0 Å². The van der Waals surface area contributed by atoms with Crippen molar-refractivity contribution in [2.45, 2.75) is 13.1 Å². The number of benzene rings is 2. The third-order valence-electron chi connectivity index (χ3n) is 2.63. The van der Waals surface area contributed by atoms with E-state index in [1.807, 2.05) is 18.2 Å². The van der Waals surface area contributed by atoms with Crippen LogP contribution in [0.1, 0.15) is 16.7 Å². The Morgan fingerprint density at radius 3 is 2.32 bits per heavy atom. The summed E-state index contributed by atoms with van der Waals surface area (Å²) < 4.78 is 12.9. The molecule has 0 aromatic heterocycles. The first-order chi connectivity index (χ1) is 8.78. The normalized spacial score (nSPS) is 9.47. The number of nitrogens with zero attached hydrogens (tertiary/aromatic N) is 1. The van der Waals surface area contributed by atoms with Crippen LogP contribution in [0.2, 0.25) is 0 Å². The lowest BCUT2D eigenvalue weighted by Gasteiger charge is -2.05. The van der Waals surface area contributed by atoms with Gasteiger partial charge in [0.2, 0.25) is 0 Å². The van der Waals surface area contributed by atoms with Gasteiger partial charge in [-0.2, -0.15) is 5.26 Å². The van der Waals surface area contributed by atoms with E-state index in [4.69, 9.17) is 5.26 Å². The maximum atomic E-state index is 12.9. The number of nitriles is 1. The lowest BCUT2D eigenvalue weighted by molar-refractivity contribution is 0.620. The van der Waals surface area contributed by atoms with Crippen LogP contribution in [0, 0.1) is 17.1 Å². The van der Waals surface area contributed by atoms with Crippen LogP contribution in [0.4, 0.5) is 4.39 Å². The highest BCUT2D eigenvalue weighted by Gasteiger charge is 1.96. The van der Waals surface area contributed by atoms with E-state index in [-0.39, 0.29) is 18.2 Å². The van der Waals surface area contributed by atoms with Crippen LogP contribution in [-0.2, 0) is 13.1 Å². The molecule has 1 N–H and O–H groups in total. The molecule has 0 saturated carbocycles. The highest BCUT2D eigenvalue weighted by molar-refractivity contribution is 5.85. The molecule has 0 radical (unpaired) electrons. The Labute approximate surface area is 118 Å². The van der Waals surface area contributed by atoms with Gasteiger partial charge in [0.15, 0.2) is 0 Å². The lowest BCUT2D eigenvalue weighted by atomic mass is 10.1. The molecule has 0 fully saturated rings. The first-order valence-electron chi connectivity index (χ1n) is 5.72. The van der Waals surface area contributed by atoms with Crippen LogP contribution in [0.25, 0.3) is 0 Å². The summed E-state index contributed by atoms with van der Waals surface area (Å²) in [4.78, 5) is 0. The summed E-state index contributed by atoms with van der Waals surface area (Å²) in [5.41, 5.74) is 2.68. The number of nitrogens with one attached hydrogen (secondary N) is 1. The van der Waals surface area contributed by atoms with Crippen molar-refractivity contribution in [3.8, 4) is 6.07 Å². The maximum absolute atomic E-state index is 12.9. The number of rotatable bonds is 4. The van der Waals surface area contributed by atoms with Gasteiger partial charge in [-0.05, 0) is 35.4 Å². The van der Waals surface area contributed by atoms with E-state index in [1.165, 1.54) is 12.1 Å². The Morgan fingerprint density at radius 2 is 1.68 bits per heavy atom. The van der Waals surface area contributed by atoms with Crippen molar-refractivity contribution >= 4 is 12.4 Å². The molecule has 0 bridgehead atoms. The van der Waals surface area contributed by atoms with Crippen LogP contribution in [0.3, 0.4) is 0 Å². The third-order valence-corrected chi connectivity index (χ3v) is 2.63. The molecule has 0 aliphatic carbocycles. The maximum Gasteiger partial charge on any atom is 0.123 e. The van der Waals surface area contributed by atoms with Crippen molar-refractivity contribution in [1.82, 2.24) is 5.32 Å². The molecule has 0 spiro atoms. The monoisotopic (exact) mass is 276 g/mol.